The molecule has 4 rings (SSSR count). The minimum absolute atomic E-state index is 0.0161. The molecule has 1 aliphatic rings. The zero-order chi connectivity index (χ0) is 15.2. The van der Waals surface area contributed by atoms with Gasteiger partial charge < -0.3 is 10.3 Å². The summed E-state index contributed by atoms with van der Waals surface area (Å²) in [5.74, 6) is 1.95. The van der Waals surface area contributed by atoms with Gasteiger partial charge in [-0.05, 0) is 52.5 Å². The molecule has 0 amide bonds. The fraction of sp³-hybridized carbons (Fsp3) is 0.294. The van der Waals surface area contributed by atoms with Crippen LogP contribution in [0.3, 0.4) is 0 Å². The second-order valence-corrected chi connectivity index (χ2v) is 6.69. The molecular formula is C17H17BrN4. The first-order valence-electron chi connectivity index (χ1n) is 7.52. The topological polar surface area (TPSA) is 53.6 Å². The fourth-order valence-corrected chi connectivity index (χ4v) is 3.70. The van der Waals surface area contributed by atoms with Crippen molar-refractivity contribution in [3.63, 3.8) is 0 Å². The Balaban J connectivity index is 1.83. The number of imidazole rings is 1. The van der Waals surface area contributed by atoms with Crippen molar-refractivity contribution in [3.05, 3.63) is 52.4 Å². The second kappa shape index (κ2) is 5.09. The van der Waals surface area contributed by atoms with Gasteiger partial charge in [-0.2, -0.15) is 0 Å². The van der Waals surface area contributed by atoms with Crippen molar-refractivity contribution in [3.8, 4) is 0 Å². The molecule has 0 unspecified atom stereocenters. The minimum Gasteiger partial charge on any atom is -0.373 e. The Morgan fingerprint density at radius 3 is 2.68 bits per heavy atom. The number of pyridine rings is 1. The van der Waals surface area contributed by atoms with E-state index in [0.29, 0.717) is 0 Å². The highest BCUT2D eigenvalue weighted by molar-refractivity contribution is 9.10. The number of H-pyrrole nitrogens is 1. The normalized spacial score (nSPS) is 16.5. The largest absolute Gasteiger partial charge is 0.373 e. The molecule has 0 saturated heterocycles. The number of para-hydroxylation sites is 1. The van der Waals surface area contributed by atoms with Crippen LogP contribution in [0.5, 0.6) is 0 Å². The van der Waals surface area contributed by atoms with E-state index in [2.05, 4.69) is 43.3 Å². The summed E-state index contributed by atoms with van der Waals surface area (Å²) in [5, 5.41) is 3.07. The van der Waals surface area contributed by atoms with Crippen molar-refractivity contribution in [2.24, 2.45) is 0 Å². The van der Waals surface area contributed by atoms with Gasteiger partial charge in [0.05, 0.1) is 10.9 Å². The molecule has 22 heavy (non-hydrogen) atoms. The van der Waals surface area contributed by atoms with Crippen LogP contribution in [0.15, 0.2) is 41.0 Å². The van der Waals surface area contributed by atoms with Gasteiger partial charge in [-0.3, -0.25) is 0 Å². The highest BCUT2D eigenvalue weighted by Gasteiger charge is 2.43. The highest BCUT2D eigenvalue weighted by atomic mass is 79.9. The van der Waals surface area contributed by atoms with Gasteiger partial charge in [0.1, 0.15) is 17.2 Å². The van der Waals surface area contributed by atoms with E-state index in [0.717, 1.165) is 40.0 Å². The summed E-state index contributed by atoms with van der Waals surface area (Å²) in [4.78, 5) is 12.9. The lowest BCUT2D eigenvalue weighted by molar-refractivity contribution is 0.287. The Bertz CT molecular complexity index is 818. The number of nitrogens with one attached hydrogen (secondary N) is 2. The number of nitrogens with zero attached hydrogens (tertiary/aromatic N) is 2. The lowest BCUT2D eigenvalue weighted by Crippen LogP contribution is -2.36. The van der Waals surface area contributed by atoms with Crippen LogP contribution in [-0.4, -0.2) is 22.0 Å². The number of fused-ring (bicyclic) bond motifs is 1. The third-order valence-corrected chi connectivity index (χ3v) is 5.34. The molecule has 0 aliphatic heterocycles. The number of hydrogen-bond acceptors (Lipinski definition) is 3. The predicted octanol–water partition coefficient (Wildman–Crippen LogP) is 4.23. The molecule has 1 fully saturated rings. The summed E-state index contributed by atoms with van der Waals surface area (Å²) < 4.78 is 1.03. The van der Waals surface area contributed by atoms with Crippen LogP contribution in [0.25, 0.3) is 11.0 Å². The van der Waals surface area contributed by atoms with E-state index in [4.69, 9.17) is 4.98 Å². The van der Waals surface area contributed by atoms with E-state index >= 15 is 0 Å². The lowest BCUT2D eigenvalue weighted by atomic mass is 9.64. The molecular weight excluding hydrogens is 340 g/mol. The first-order valence-corrected chi connectivity index (χ1v) is 8.31. The first kappa shape index (κ1) is 13.8. The van der Waals surface area contributed by atoms with Gasteiger partial charge in [-0.1, -0.05) is 18.6 Å². The van der Waals surface area contributed by atoms with Gasteiger partial charge in [0.25, 0.3) is 0 Å². The number of aromatic nitrogens is 3. The monoisotopic (exact) mass is 356 g/mol. The summed E-state index contributed by atoms with van der Waals surface area (Å²) in [6.07, 6.45) is 5.44. The molecule has 2 N–H and O–H groups in total. The van der Waals surface area contributed by atoms with Crippen LogP contribution < -0.4 is 5.32 Å². The van der Waals surface area contributed by atoms with Crippen LogP contribution in [0, 0.1) is 0 Å². The highest BCUT2D eigenvalue weighted by Crippen LogP contribution is 2.48. The maximum absolute atomic E-state index is 4.88. The van der Waals surface area contributed by atoms with E-state index in [1.165, 1.54) is 12.0 Å². The van der Waals surface area contributed by atoms with Gasteiger partial charge in [-0.25, -0.2) is 9.97 Å². The van der Waals surface area contributed by atoms with Crippen molar-refractivity contribution in [1.29, 1.82) is 0 Å². The first-order chi connectivity index (χ1) is 10.7. The van der Waals surface area contributed by atoms with Gasteiger partial charge in [0.15, 0.2) is 0 Å². The summed E-state index contributed by atoms with van der Waals surface area (Å²) in [6.45, 7) is 0. The Morgan fingerprint density at radius 1 is 1.23 bits per heavy atom. The molecule has 0 bridgehead atoms. The van der Waals surface area contributed by atoms with Gasteiger partial charge in [0, 0.05) is 17.7 Å². The number of rotatable bonds is 3. The Labute approximate surface area is 137 Å². The molecule has 1 saturated carbocycles. The van der Waals surface area contributed by atoms with Crippen molar-refractivity contribution in [2.75, 3.05) is 12.4 Å². The zero-order valence-corrected chi connectivity index (χ0v) is 13.9. The van der Waals surface area contributed by atoms with Crippen LogP contribution in [0.4, 0.5) is 5.82 Å². The maximum atomic E-state index is 4.88. The average molecular weight is 357 g/mol. The maximum Gasteiger partial charge on any atom is 0.125 e. The van der Waals surface area contributed by atoms with Crippen molar-refractivity contribution < 1.29 is 0 Å². The summed E-state index contributed by atoms with van der Waals surface area (Å²) >= 11 is 3.59. The van der Waals surface area contributed by atoms with Gasteiger partial charge >= 0.3 is 0 Å². The van der Waals surface area contributed by atoms with Crippen molar-refractivity contribution in [2.45, 2.75) is 24.7 Å². The van der Waals surface area contributed by atoms with Crippen molar-refractivity contribution >= 4 is 32.8 Å². The molecule has 0 atom stereocenters. The molecule has 2 aromatic heterocycles. The van der Waals surface area contributed by atoms with Crippen LogP contribution >= 0.6 is 15.9 Å². The summed E-state index contributed by atoms with van der Waals surface area (Å²) in [5.41, 5.74) is 3.31. The van der Waals surface area contributed by atoms with Crippen molar-refractivity contribution in [1.82, 2.24) is 15.0 Å². The summed E-state index contributed by atoms with van der Waals surface area (Å²) in [6, 6.07) is 10.3. The molecule has 3 aromatic rings. The quantitative estimate of drug-likeness (QED) is 0.738. The molecule has 1 aromatic carbocycles. The predicted molar refractivity (Wildman–Crippen MR) is 92.2 cm³/mol. The van der Waals surface area contributed by atoms with Gasteiger partial charge in [0.2, 0.25) is 0 Å². The zero-order valence-electron chi connectivity index (χ0n) is 12.4. The molecule has 5 heteroatoms. The molecule has 112 valence electrons. The van der Waals surface area contributed by atoms with E-state index in [1.54, 1.807) is 0 Å². The molecule has 0 radical (unpaired) electrons. The average Bonchev–Trinajstić information content (AvgIpc) is 2.92. The van der Waals surface area contributed by atoms with E-state index in [9.17, 15) is 0 Å². The Morgan fingerprint density at radius 2 is 2.09 bits per heavy atom. The van der Waals surface area contributed by atoms with Gasteiger partial charge in [-0.15, -0.1) is 0 Å². The number of anilines is 1. The van der Waals surface area contributed by atoms with E-state index in [-0.39, 0.29) is 5.41 Å². The molecule has 1 aliphatic carbocycles. The third kappa shape index (κ3) is 1.96. The Kier molecular flexibility index (Phi) is 3.18. The molecule has 0 spiro atoms. The number of aromatic amines is 1. The number of hydrogen-bond donors (Lipinski definition) is 2. The van der Waals surface area contributed by atoms with E-state index in [1.807, 2.05) is 31.4 Å². The van der Waals surface area contributed by atoms with Crippen LogP contribution in [0.1, 0.15) is 30.7 Å². The lowest BCUT2D eigenvalue weighted by Gasteiger charge is -2.40. The smallest absolute Gasteiger partial charge is 0.125 e. The minimum atomic E-state index is -0.0161. The Hall–Kier alpha value is -1.88. The van der Waals surface area contributed by atoms with Crippen LogP contribution in [0.2, 0.25) is 0 Å². The third-order valence-electron chi connectivity index (χ3n) is 4.70. The number of halogens is 1. The second-order valence-electron chi connectivity index (χ2n) is 5.84. The van der Waals surface area contributed by atoms with E-state index < -0.39 is 0 Å². The molecule has 2 heterocycles. The standard InChI is InChI=1S/C17H17BrN4/c1-19-14-7-6-11(10-20-14)17(8-3-9-17)16-21-13-5-2-4-12(18)15(13)22-16/h2,4-7,10H,3,8-9H2,1H3,(H,19,20)(H,21,22). The number of benzene rings is 1. The SMILES string of the molecule is CNc1ccc(C2(c3nc4c(Br)cccc4[nH]3)CCC2)cn1. The fourth-order valence-electron chi connectivity index (χ4n) is 3.24. The summed E-state index contributed by atoms with van der Waals surface area (Å²) in [7, 11) is 1.89. The van der Waals surface area contributed by atoms with Crippen LogP contribution in [-0.2, 0) is 5.41 Å². The molecule has 4 nitrogen and oxygen atoms in total.